The molecular weight excluding hydrogens is 336 g/mol. The fourth-order valence-corrected chi connectivity index (χ4v) is 4.61. The number of thiazole rings is 1. The highest BCUT2D eigenvalue weighted by Crippen LogP contribution is 2.43. The number of nitrogens with zero attached hydrogens (tertiary/aromatic N) is 1. The summed E-state index contributed by atoms with van der Waals surface area (Å²) in [6.07, 6.45) is 9.58. The van der Waals surface area contributed by atoms with Gasteiger partial charge in [0.2, 0.25) is 0 Å². The van der Waals surface area contributed by atoms with Gasteiger partial charge in [0.25, 0.3) is 0 Å². The Balaban J connectivity index is 1.67. The largest absolute Gasteiger partial charge is 0.358 e. The maximum atomic E-state index is 4.47. The van der Waals surface area contributed by atoms with E-state index in [1.807, 2.05) is 11.6 Å². The van der Waals surface area contributed by atoms with Gasteiger partial charge < -0.3 is 4.98 Å². The van der Waals surface area contributed by atoms with E-state index in [1.54, 1.807) is 11.3 Å². The van der Waals surface area contributed by atoms with Crippen LogP contribution in [0, 0.1) is 0 Å². The topological polar surface area (TPSA) is 28.7 Å². The van der Waals surface area contributed by atoms with Gasteiger partial charge >= 0.3 is 0 Å². The third-order valence-corrected chi connectivity index (χ3v) is 6.02. The van der Waals surface area contributed by atoms with E-state index in [0.717, 1.165) is 17.1 Å². The second kappa shape index (κ2) is 6.11. The molecule has 2 aromatic carbocycles. The Morgan fingerprint density at radius 3 is 2.23 bits per heavy atom. The highest BCUT2D eigenvalue weighted by Gasteiger charge is 2.35. The first kappa shape index (κ1) is 15.4. The SMILES string of the molecule is C1=CC(c2ccccc2)(c2ccccc2)Cc2c[nH]c(-c3nccs3)c21. The molecule has 1 aliphatic carbocycles. The summed E-state index contributed by atoms with van der Waals surface area (Å²) in [6, 6.07) is 21.6. The highest BCUT2D eigenvalue weighted by atomic mass is 32.1. The van der Waals surface area contributed by atoms with E-state index in [9.17, 15) is 0 Å². The number of nitrogens with one attached hydrogen (secondary N) is 1. The van der Waals surface area contributed by atoms with Crippen LogP contribution in [0.3, 0.4) is 0 Å². The van der Waals surface area contributed by atoms with Gasteiger partial charge in [-0.05, 0) is 23.1 Å². The van der Waals surface area contributed by atoms with Crippen LogP contribution in [0.5, 0.6) is 0 Å². The Labute approximate surface area is 156 Å². The van der Waals surface area contributed by atoms with Crippen molar-refractivity contribution in [3.8, 4) is 10.7 Å². The minimum absolute atomic E-state index is 0.141. The smallest absolute Gasteiger partial charge is 0.140 e. The number of H-pyrrole nitrogens is 1. The van der Waals surface area contributed by atoms with Gasteiger partial charge in [0.05, 0.1) is 5.69 Å². The van der Waals surface area contributed by atoms with Crippen molar-refractivity contribution in [2.45, 2.75) is 11.8 Å². The molecule has 26 heavy (non-hydrogen) atoms. The number of rotatable bonds is 3. The molecule has 1 aliphatic rings. The van der Waals surface area contributed by atoms with Gasteiger partial charge in [-0.25, -0.2) is 4.98 Å². The lowest BCUT2D eigenvalue weighted by Gasteiger charge is -2.35. The quantitative estimate of drug-likeness (QED) is 0.503. The average molecular weight is 354 g/mol. The van der Waals surface area contributed by atoms with Crippen LogP contribution in [0.2, 0.25) is 0 Å². The summed E-state index contributed by atoms with van der Waals surface area (Å²) in [6.45, 7) is 0. The summed E-state index contributed by atoms with van der Waals surface area (Å²) in [5, 5.41) is 3.07. The molecule has 1 N–H and O–H groups in total. The van der Waals surface area contributed by atoms with Crippen molar-refractivity contribution in [1.29, 1.82) is 0 Å². The lowest BCUT2D eigenvalue weighted by atomic mass is 9.68. The first-order valence-corrected chi connectivity index (χ1v) is 9.65. The van der Waals surface area contributed by atoms with Crippen LogP contribution in [0.15, 0.2) is 84.5 Å². The molecule has 4 aromatic rings. The molecule has 126 valence electrons. The summed E-state index contributed by atoms with van der Waals surface area (Å²) in [5.74, 6) is 0. The Morgan fingerprint density at radius 1 is 0.923 bits per heavy atom. The van der Waals surface area contributed by atoms with Crippen molar-refractivity contribution in [3.05, 3.63) is 107 Å². The van der Waals surface area contributed by atoms with E-state index >= 15 is 0 Å². The van der Waals surface area contributed by atoms with Crippen LogP contribution in [0.4, 0.5) is 0 Å². The monoisotopic (exact) mass is 354 g/mol. The second-order valence-electron chi connectivity index (χ2n) is 6.65. The molecule has 0 saturated carbocycles. The van der Waals surface area contributed by atoms with Crippen molar-refractivity contribution >= 4 is 17.4 Å². The van der Waals surface area contributed by atoms with Gasteiger partial charge in [-0.1, -0.05) is 72.8 Å². The first-order chi connectivity index (χ1) is 12.9. The molecule has 0 saturated heterocycles. The Morgan fingerprint density at radius 2 is 1.62 bits per heavy atom. The van der Waals surface area contributed by atoms with Crippen LogP contribution < -0.4 is 0 Å². The summed E-state index contributed by atoms with van der Waals surface area (Å²) in [5.41, 5.74) is 6.24. The molecule has 0 unspecified atom stereocenters. The van der Waals surface area contributed by atoms with Crippen LogP contribution in [-0.4, -0.2) is 9.97 Å². The third-order valence-electron chi connectivity index (χ3n) is 5.23. The number of aromatic nitrogens is 2. The zero-order chi connectivity index (χ0) is 17.4. The van der Waals surface area contributed by atoms with Crippen molar-refractivity contribution in [3.63, 3.8) is 0 Å². The van der Waals surface area contributed by atoms with Crippen molar-refractivity contribution in [1.82, 2.24) is 9.97 Å². The highest BCUT2D eigenvalue weighted by molar-refractivity contribution is 7.13. The van der Waals surface area contributed by atoms with E-state index in [4.69, 9.17) is 0 Å². The molecule has 0 aliphatic heterocycles. The van der Waals surface area contributed by atoms with Gasteiger partial charge in [-0.15, -0.1) is 11.3 Å². The maximum Gasteiger partial charge on any atom is 0.140 e. The van der Waals surface area contributed by atoms with E-state index in [1.165, 1.54) is 22.3 Å². The number of hydrogen-bond donors (Lipinski definition) is 1. The zero-order valence-corrected chi connectivity index (χ0v) is 15.0. The van der Waals surface area contributed by atoms with Gasteiger partial charge in [0.15, 0.2) is 0 Å². The van der Waals surface area contributed by atoms with Gasteiger partial charge in [0, 0.05) is 28.8 Å². The van der Waals surface area contributed by atoms with Gasteiger partial charge in [-0.2, -0.15) is 0 Å². The fourth-order valence-electron chi connectivity index (χ4n) is 3.96. The Kier molecular flexibility index (Phi) is 3.61. The molecule has 0 amide bonds. The lowest BCUT2D eigenvalue weighted by molar-refractivity contribution is 0.634. The first-order valence-electron chi connectivity index (χ1n) is 8.77. The number of aromatic amines is 1. The average Bonchev–Trinajstić information content (AvgIpc) is 3.38. The number of fused-ring (bicyclic) bond motifs is 1. The molecule has 3 heteroatoms. The Hall–Kier alpha value is -2.91. The van der Waals surface area contributed by atoms with Crippen molar-refractivity contribution in [2.24, 2.45) is 0 Å². The zero-order valence-electron chi connectivity index (χ0n) is 14.2. The predicted octanol–water partition coefficient (Wildman–Crippen LogP) is 5.69. The van der Waals surface area contributed by atoms with Crippen LogP contribution in [0.25, 0.3) is 16.8 Å². The summed E-state index contributed by atoms with van der Waals surface area (Å²) in [4.78, 5) is 7.93. The minimum atomic E-state index is -0.141. The molecular formula is C23H18N2S. The normalized spacial score (nSPS) is 14.9. The molecule has 0 atom stereocenters. The number of allylic oxidation sites excluding steroid dienone is 1. The van der Waals surface area contributed by atoms with Crippen LogP contribution >= 0.6 is 11.3 Å². The molecule has 0 fully saturated rings. The summed E-state index contributed by atoms with van der Waals surface area (Å²) in [7, 11) is 0. The third kappa shape index (κ3) is 2.36. The molecule has 2 nitrogen and oxygen atoms in total. The maximum absolute atomic E-state index is 4.47. The molecule has 0 radical (unpaired) electrons. The van der Waals surface area contributed by atoms with E-state index in [2.05, 4.69) is 89.0 Å². The number of hydrogen-bond acceptors (Lipinski definition) is 2. The summed E-state index contributed by atoms with van der Waals surface area (Å²) >= 11 is 1.67. The van der Waals surface area contributed by atoms with Gasteiger partial charge in [0.1, 0.15) is 5.01 Å². The summed E-state index contributed by atoms with van der Waals surface area (Å²) < 4.78 is 0. The molecule has 5 rings (SSSR count). The van der Waals surface area contributed by atoms with E-state index in [0.29, 0.717) is 0 Å². The molecule has 0 spiro atoms. The van der Waals surface area contributed by atoms with Crippen LogP contribution in [0.1, 0.15) is 22.3 Å². The fraction of sp³-hybridized carbons (Fsp3) is 0.0870. The van der Waals surface area contributed by atoms with E-state index < -0.39 is 0 Å². The van der Waals surface area contributed by atoms with Gasteiger partial charge in [-0.3, -0.25) is 0 Å². The van der Waals surface area contributed by atoms with Crippen LogP contribution in [-0.2, 0) is 11.8 Å². The second-order valence-corrected chi connectivity index (χ2v) is 7.55. The van der Waals surface area contributed by atoms with Crippen molar-refractivity contribution in [2.75, 3.05) is 0 Å². The molecule has 0 bridgehead atoms. The standard InChI is InChI=1S/C23H18N2S/c1-3-7-18(8-4-1)23(19-9-5-2-6-10-19)12-11-20-17(15-23)16-25-21(20)22-24-13-14-26-22/h1-14,16,25H,15H2. The molecule has 2 heterocycles. The van der Waals surface area contributed by atoms with E-state index in [-0.39, 0.29) is 5.41 Å². The minimum Gasteiger partial charge on any atom is -0.358 e. The molecule has 2 aromatic heterocycles. The Bertz CT molecular complexity index is 1000. The van der Waals surface area contributed by atoms with Crippen molar-refractivity contribution < 1.29 is 0 Å². The lowest BCUT2D eigenvalue weighted by Crippen LogP contribution is -2.30. The number of benzene rings is 2. The predicted molar refractivity (Wildman–Crippen MR) is 108 cm³/mol.